The van der Waals surface area contributed by atoms with Crippen LogP contribution in [-0.4, -0.2) is 75.2 Å². The standard InChI is InChI=1S/C28H36N4O6S2/c1-35-15-13-32-23(17-29-28(32)40(33,34)20-21-6-4-7-25(16-21)37-3)18-31(19-26-8-5-14-38-26)27(39)30-22-9-11-24(36-2)12-10-22/h4,6-7,9-12,16-17,26H,5,8,13-15,18-20H2,1-3H3,(H,30,39)/t26-/m1/s1. The number of methoxy groups -OCH3 is 3. The first-order chi connectivity index (χ1) is 19.3. The number of anilines is 1. The van der Waals surface area contributed by atoms with Gasteiger partial charge in [0.05, 0.1) is 51.1 Å². The van der Waals surface area contributed by atoms with Gasteiger partial charge in [0.25, 0.3) is 0 Å². The summed E-state index contributed by atoms with van der Waals surface area (Å²) in [4.78, 5) is 6.37. The lowest BCUT2D eigenvalue weighted by molar-refractivity contribution is 0.0899. The fourth-order valence-electron chi connectivity index (χ4n) is 4.56. The molecule has 0 aliphatic carbocycles. The van der Waals surface area contributed by atoms with Gasteiger partial charge in [0.1, 0.15) is 11.5 Å². The monoisotopic (exact) mass is 588 g/mol. The zero-order chi connectivity index (χ0) is 28.5. The van der Waals surface area contributed by atoms with Crippen LogP contribution in [0.5, 0.6) is 11.5 Å². The molecule has 4 rings (SSSR count). The largest absolute Gasteiger partial charge is 0.497 e. The molecule has 1 aliphatic rings. The maximum absolute atomic E-state index is 13.5. The molecule has 2 heterocycles. The molecule has 0 radical (unpaired) electrons. The first-order valence-electron chi connectivity index (χ1n) is 13.0. The lowest BCUT2D eigenvalue weighted by Gasteiger charge is -2.28. The Balaban J connectivity index is 1.60. The van der Waals surface area contributed by atoms with E-state index < -0.39 is 9.84 Å². The maximum atomic E-state index is 13.5. The smallest absolute Gasteiger partial charge is 0.228 e. The third-order valence-corrected chi connectivity index (χ3v) is 8.57. The van der Waals surface area contributed by atoms with Gasteiger partial charge in [-0.3, -0.25) is 0 Å². The first-order valence-corrected chi connectivity index (χ1v) is 15.1. The summed E-state index contributed by atoms with van der Waals surface area (Å²) in [6.07, 6.45) is 3.56. The van der Waals surface area contributed by atoms with Gasteiger partial charge in [-0.25, -0.2) is 13.4 Å². The minimum absolute atomic E-state index is 0.00605. The van der Waals surface area contributed by atoms with Crippen molar-refractivity contribution in [2.45, 2.75) is 42.9 Å². The molecule has 1 fully saturated rings. The van der Waals surface area contributed by atoms with Gasteiger partial charge in [-0.15, -0.1) is 0 Å². The van der Waals surface area contributed by atoms with E-state index in [0.717, 1.165) is 30.9 Å². The molecule has 0 unspecified atom stereocenters. The molecule has 0 spiro atoms. The minimum Gasteiger partial charge on any atom is -0.497 e. The number of aromatic nitrogens is 2. The Morgan fingerprint density at radius 3 is 2.60 bits per heavy atom. The van der Waals surface area contributed by atoms with E-state index in [9.17, 15) is 8.42 Å². The van der Waals surface area contributed by atoms with E-state index in [-0.39, 0.29) is 17.0 Å². The van der Waals surface area contributed by atoms with Crippen molar-refractivity contribution in [3.8, 4) is 11.5 Å². The molecule has 1 aliphatic heterocycles. The highest BCUT2D eigenvalue weighted by Crippen LogP contribution is 2.23. The highest BCUT2D eigenvalue weighted by molar-refractivity contribution is 7.90. The summed E-state index contributed by atoms with van der Waals surface area (Å²) in [6, 6.07) is 14.5. The van der Waals surface area contributed by atoms with E-state index in [0.29, 0.717) is 48.4 Å². The Morgan fingerprint density at radius 1 is 1.15 bits per heavy atom. The average Bonchev–Trinajstić information content (AvgIpc) is 3.62. The molecule has 1 atom stereocenters. The van der Waals surface area contributed by atoms with Crippen LogP contribution in [0.15, 0.2) is 59.9 Å². The molecule has 3 aromatic rings. The van der Waals surface area contributed by atoms with E-state index in [2.05, 4.69) is 10.3 Å². The number of hydrogen-bond donors (Lipinski definition) is 1. The minimum atomic E-state index is -3.77. The van der Waals surface area contributed by atoms with E-state index in [1.807, 2.05) is 29.2 Å². The fraction of sp³-hybridized carbons (Fsp3) is 0.429. The van der Waals surface area contributed by atoms with Crippen molar-refractivity contribution in [2.75, 3.05) is 46.4 Å². The van der Waals surface area contributed by atoms with Crippen LogP contribution in [0.2, 0.25) is 0 Å². The van der Waals surface area contributed by atoms with Crippen LogP contribution in [0.3, 0.4) is 0 Å². The van der Waals surface area contributed by atoms with Crippen LogP contribution in [0.4, 0.5) is 5.69 Å². The summed E-state index contributed by atoms with van der Waals surface area (Å²) >= 11 is 5.82. The van der Waals surface area contributed by atoms with Gasteiger partial charge in [-0.1, -0.05) is 12.1 Å². The van der Waals surface area contributed by atoms with E-state index >= 15 is 0 Å². The third kappa shape index (κ3) is 7.72. The SMILES string of the molecule is COCCn1c(CN(C[C@H]2CCCO2)C(=S)Nc2ccc(OC)cc2)cnc1S(=O)(=O)Cc1cccc(OC)c1. The van der Waals surface area contributed by atoms with Gasteiger partial charge in [0.15, 0.2) is 5.11 Å². The van der Waals surface area contributed by atoms with Crippen molar-refractivity contribution >= 4 is 32.9 Å². The molecule has 1 saturated heterocycles. The Bertz CT molecular complexity index is 1370. The lowest BCUT2D eigenvalue weighted by atomic mass is 10.2. The summed E-state index contributed by atoms with van der Waals surface area (Å²) in [5, 5.41) is 3.79. The van der Waals surface area contributed by atoms with E-state index in [1.54, 1.807) is 56.4 Å². The molecule has 2 aromatic carbocycles. The predicted molar refractivity (Wildman–Crippen MR) is 157 cm³/mol. The van der Waals surface area contributed by atoms with Crippen molar-refractivity contribution in [1.29, 1.82) is 0 Å². The normalized spacial score (nSPS) is 15.1. The molecule has 40 heavy (non-hydrogen) atoms. The number of rotatable bonds is 13. The van der Waals surface area contributed by atoms with Crippen molar-refractivity contribution in [3.63, 3.8) is 0 Å². The van der Waals surface area contributed by atoms with Gasteiger partial charge in [0, 0.05) is 32.5 Å². The van der Waals surface area contributed by atoms with Crippen molar-refractivity contribution in [3.05, 3.63) is 66.0 Å². The average molecular weight is 589 g/mol. The maximum Gasteiger partial charge on any atom is 0.228 e. The van der Waals surface area contributed by atoms with Crippen molar-refractivity contribution in [1.82, 2.24) is 14.5 Å². The quantitative estimate of drug-likeness (QED) is 0.296. The number of sulfone groups is 1. The number of thiocarbonyl (C=S) groups is 1. The highest BCUT2D eigenvalue weighted by atomic mass is 32.2. The van der Waals surface area contributed by atoms with Crippen LogP contribution in [0, 0.1) is 0 Å². The Hall–Kier alpha value is -3.19. The number of benzene rings is 2. The third-order valence-electron chi connectivity index (χ3n) is 6.62. The Morgan fingerprint density at radius 2 is 1.93 bits per heavy atom. The number of nitrogens with one attached hydrogen (secondary N) is 1. The number of ether oxygens (including phenoxy) is 4. The molecule has 12 heteroatoms. The summed E-state index contributed by atoms with van der Waals surface area (Å²) < 4.78 is 50.5. The van der Waals surface area contributed by atoms with Gasteiger partial charge >= 0.3 is 0 Å². The van der Waals surface area contributed by atoms with Crippen LogP contribution in [0.1, 0.15) is 24.1 Å². The second kappa shape index (κ2) is 13.9. The first kappa shape index (κ1) is 29.8. The van der Waals surface area contributed by atoms with Gasteiger partial charge in [-0.05, 0) is 67.0 Å². The summed E-state index contributed by atoms with van der Waals surface area (Å²) in [5.41, 5.74) is 2.14. The molecular formula is C28H36N4O6S2. The summed E-state index contributed by atoms with van der Waals surface area (Å²) in [6.45, 7) is 2.27. The molecule has 0 bridgehead atoms. The number of imidazole rings is 1. The molecule has 1 N–H and O–H groups in total. The van der Waals surface area contributed by atoms with Gasteiger partial charge < -0.3 is 33.7 Å². The predicted octanol–water partition coefficient (Wildman–Crippen LogP) is 3.90. The van der Waals surface area contributed by atoms with Crippen molar-refractivity contribution in [2.24, 2.45) is 0 Å². The number of nitrogens with zero attached hydrogens (tertiary/aromatic N) is 3. The molecular weight excluding hydrogens is 552 g/mol. The molecule has 0 saturated carbocycles. The molecule has 1 aromatic heterocycles. The number of hydrogen-bond acceptors (Lipinski definition) is 8. The molecule has 10 nitrogen and oxygen atoms in total. The van der Waals surface area contributed by atoms with Crippen LogP contribution in [0.25, 0.3) is 0 Å². The zero-order valence-electron chi connectivity index (χ0n) is 23.0. The fourth-order valence-corrected chi connectivity index (χ4v) is 6.32. The summed E-state index contributed by atoms with van der Waals surface area (Å²) in [5.74, 6) is 1.14. The van der Waals surface area contributed by atoms with Crippen molar-refractivity contribution < 1.29 is 27.4 Å². The zero-order valence-corrected chi connectivity index (χ0v) is 24.7. The van der Waals surface area contributed by atoms with Gasteiger partial charge in [0.2, 0.25) is 15.0 Å². The van der Waals surface area contributed by atoms with E-state index in [1.165, 1.54) is 0 Å². The lowest BCUT2D eigenvalue weighted by Crippen LogP contribution is -2.40. The highest BCUT2D eigenvalue weighted by Gasteiger charge is 2.27. The van der Waals surface area contributed by atoms with Crippen LogP contribution >= 0.6 is 12.2 Å². The van der Waals surface area contributed by atoms with Crippen LogP contribution < -0.4 is 14.8 Å². The van der Waals surface area contributed by atoms with Gasteiger partial charge in [-0.2, -0.15) is 0 Å². The second-order valence-electron chi connectivity index (χ2n) is 9.46. The second-order valence-corrected chi connectivity index (χ2v) is 11.7. The topological polar surface area (TPSA) is 104 Å². The Kier molecular flexibility index (Phi) is 10.4. The van der Waals surface area contributed by atoms with Crippen LogP contribution in [-0.2, 0) is 38.2 Å². The molecule has 0 amide bonds. The van der Waals surface area contributed by atoms with E-state index in [4.69, 9.17) is 31.2 Å². The Labute approximate surface area is 241 Å². The summed E-state index contributed by atoms with van der Waals surface area (Å²) in [7, 11) is 0.976. The molecule has 216 valence electrons.